The first-order chi connectivity index (χ1) is 8.84. The molecule has 94 valence electrons. The molecule has 6 heteroatoms. The van der Waals surface area contributed by atoms with Crippen molar-refractivity contribution in [3.63, 3.8) is 0 Å². The Labute approximate surface area is 110 Å². The summed E-state index contributed by atoms with van der Waals surface area (Å²) < 4.78 is 7.76. The molecule has 0 fully saturated rings. The minimum Gasteiger partial charge on any atom is -0.482 e. The van der Waals surface area contributed by atoms with Gasteiger partial charge < -0.3 is 9.30 Å². The quantitative estimate of drug-likeness (QED) is 0.798. The molecular formula is C12H13ClN4O. The summed E-state index contributed by atoms with van der Waals surface area (Å²) in [6.45, 7) is 1.35. The van der Waals surface area contributed by atoms with E-state index in [1.165, 1.54) is 12.8 Å². The lowest BCUT2D eigenvalue weighted by atomic mass is 10.2. The number of fused-ring (bicyclic) bond motifs is 1. The summed E-state index contributed by atoms with van der Waals surface area (Å²) in [5.74, 6) is 2.48. The number of halogens is 1. The highest BCUT2D eigenvalue weighted by molar-refractivity contribution is 6.30. The van der Waals surface area contributed by atoms with Crippen molar-refractivity contribution in [3.05, 3.63) is 35.1 Å². The van der Waals surface area contributed by atoms with E-state index < -0.39 is 0 Å². The van der Waals surface area contributed by atoms with Crippen LogP contribution in [0.15, 0.2) is 18.3 Å². The third-order valence-corrected chi connectivity index (χ3v) is 3.30. The van der Waals surface area contributed by atoms with E-state index in [4.69, 9.17) is 16.3 Å². The summed E-state index contributed by atoms with van der Waals surface area (Å²) >= 11 is 5.93. The van der Waals surface area contributed by atoms with E-state index in [0.29, 0.717) is 17.5 Å². The van der Waals surface area contributed by atoms with Crippen LogP contribution in [0, 0.1) is 0 Å². The molecule has 0 aliphatic carbocycles. The largest absolute Gasteiger partial charge is 0.482 e. The Morgan fingerprint density at radius 1 is 1.33 bits per heavy atom. The highest BCUT2D eigenvalue weighted by Crippen LogP contribution is 2.22. The summed E-state index contributed by atoms with van der Waals surface area (Å²) in [4.78, 5) is 3.96. The average Bonchev–Trinajstić information content (AvgIpc) is 2.81. The molecule has 0 atom stereocenters. The minimum absolute atomic E-state index is 0.371. The van der Waals surface area contributed by atoms with Gasteiger partial charge in [-0.05, 0) is 25.0 Å². The summed E-state index contributed by atoms with van der Waals surface area (Å²) in [6.07, 6.45) is 4.99. The van der Waals surface area contributed by atoms with E-state index in [1.54, 1.807) is 18.3 Å². The SMILES string of the molecule is Clc1ncccc1OCc1nnc2n1CCCC2. The van der Waals surface area contributed by atoms with E-state index in [9.17, 15) is 0 Å². The summed E-state index contributed by atoms with van der Waals surface area (Å²) in [5, 5.41) is 8.71. The fourth-order valence-corrected chi connectivity index (χ4v) is 2.27. The third-order valence-electron chi connectivity index (χ3n) is 3.02. The number of pyridine rings is 1. The Kier molecular flexibility index (Phi) is 3.15. The van der Waals surface area contributed by atoms with Crippen molar-refractivity contribution in [2.75, 3.05) is 0 Å². The maximum atomic E-state index is 5.93. The predicted octanol–water partition coefficient (Wildman–Crippen LogP) is 2.24. The second kappa shape index (κ2) is 4.94. The van der Waals surface area contributed by atoms with Crippen LogP contribution in [0.1, 0.15) is 24.5 Å². The average molecular weight is 265 g/mol. The number of hydrogen-bond acceptors (Lipinski definition) is 4. The van der Waals surface area contributed by atoms with Gasteiger partial charge in [0, 0.05) is 19.2 Å². The summed E-state index contributed by atoms with van der Waals surface area (Å²) in [5.41, 5.74) is 0. The Bertz CT molecular complexity index is 555. The molecule has 0 radical (unpaired) electrons. The summed E-state index contributed by atoms with van der Waals surface area (Å²) in [6, 6.07) is 3.59. The second-order valence-electron chi connectivity index (χ2n) is 4.22. The molecule has 0 saturated carbocycles. The van der Waals surface area contributed by atoms with Gasteiger partial charge in [0.2, 0.25) is 0 Å². The number of aromatic nitrogens is 4. The van der Waals surface area contributed by atoms with Crippen molar-refractivity contribution in [2.45, 2.75) is 32.4 Å². The smallest absolute Gasteiger partial charge is 0.171 e. The zero-order chi connectivity index (χ0) is 12.4. The van der Waals surface area contributed by atoms with Gasteiger partial charge in [-0.25, -0.2) is 4.98 Å². The van der Waals surface area contributed by atoms with E-state index in [1.807, 2.05) is 0 Å². The van der Waals surface area contributed by atoms with Crippen LogP contribution in [0.4, 0.5) is 0 Å². The zero-order valence-electron chi connectivity index (χ0n) is 9.84. The van der Waals surface area contributed by atoms with Crippen LogP contribution < -0.4 is 4.74 Å². The Morgan fingerprint density at radius 2 is 2.28 bits per heavy atom. The van der Waals surface area contributed by atoms with Crippen molar-refractivity contribution >= 4 is 11.6 Å². The number of rotatable bonds is 3. The van der Waals surface area contributed by atoms with Crippen LogP contribution in [0.25, 0.3) is 0 Å². The molecule has 0 bridgehead atoms. The van der Waals surface area contributed by atoms with E-state index in [0.717, 1.165) is 24.6 Å². The van der Waals surface area contributed by atoms with Gasteiger partial charge in [0.05, 0.1) is 0 Å². The fourth-order valence-electron chi connectivity index (χ4n) is 2.10. The molecule has 3 rings (SSSR count). The Balaban J connectivity index is 1.74. The third kappa shape index (κ3) is 2.18. The first kappa shape index (κ1) is 11.5. The molecule has 1 aliphatic heterocycles. The van der Waals surface area contributed by atoms with E-state index >= 15 is 0 Å². The van der Waals surface area contributed by atoms with Gasteiger partial charge in [0.1, 0.15) is 12.4 Å². The van der Waals surface area contributed by atoms with Crippen molar-refractivity contribution in [2.24, 2.45) is 0 Å². The summed E-state index contributed by atoms with van der Waals surface area (Å²) in [7, 11) is 0. The van der Waals surface area contributed by atoms with Gasteiger partial charge in [0.25, 0.3) is 0 Å². The first-order valence-corrected chi connectivity index (χ1v) is 6.36. The molecule has 0 aromatic carbocycles. The Morgan fingerprint density at radius 3 is 3.17 bits per heavy atom. The molecule has 5 nitrogen and oxygen atoms in total. The molecule has 2 aromatic heterocycles. The van der Waals surface area contributed by atoms with Crippen LogP contribution in [-0.2, 0) is 19.6 Å². The van der Waals surface area contributed by atoms with E-state index in [2.05, 4.69) is 19.7 Å². The molecular weight excluding hydrogens is 252 g/mol. The highest BCUT2D eigenvalue weighted by atomic mass is 35.5. The molecule has 0 N–H and O–H groups in total. The van der Waals surface area contributed by atoms with Gasteiger partial charge in [-0.1, -0.05) is 11.6 Å². The van der Waals surface area contributed by atoms with Gasteiger partial charge in [-0.3, -0.25) is 0 Å². The van der Waals surface area contributed by atoms with Gasteiger partial charge >= 0.3 is 0 Å². The van der Waals surface area contributed by atoms with Gasteiger partial charge in [0.15, 0.2) is 16.7 Å². The topological polar surface area (TPSA) is 52.8 Å². The highest BCUT2D eigenvalue weighted by Gasteiger charge is 2.16. The van der Waals surface area contributed by atoms with Crippen molar-refractivity contribution in [1.29, 1.82) is 0 Å². The van der Waals surface area contributed by atoms with Crippen molar-refractivity contribution in [3.8, 4) is 5.75 Å². The molecule has 1 aliphatic rings. The minimum atomic E-state index is 0.371. The lowest BCUT2D eigenvalue weighted by Crippen LogP contribution is -2.14. The fraction of sp³-hybridized carbons (Fsp3) is 0.417. The molecule has 0 unspecified atom stereocenters. The number of hydrogen-bond donors (Lipinski definition) is 0. The molecule has 3 heterocycles. The van der Waals surface area contributed by atoms with Crippen LogP contribution in [0.3, 0.4) is 0 Å². The van der Waals surface area contributed by atoms with E-state index in [-0.39, 0.29) is 0 Å². The van der Waals surface area contributed by atoms with Gasteiger partial charge in [-0.2, -0.15) is 0 Å². The van der Waals surface area contributed by atoms with Crippen LogP contribution in [0.5, 0.6) is 5.75 Å². The monoisotopic (exact) mass is 264 g/mol. The normalized spacial score (nSPS) is 14.3. The molecule has 0 spiro atoms. The van der Waals surface area contributed by atoms with Crippen LogP contribution in [-0.4, -0.2) is 19.7 Å². The van der Waals surface area contributed by atoms with Crippen molar-refractivity contribution < 1.29 is 4.74 Å². The maximum Gasteiger partial charge on any atom is 0.171 e. The zero-order valence-corrected chi connectivity index (χ0v) is 10.6. The molecule has 0 saturated heterocycles. The van der Waals surface area contributed by atoms with Gasteiger partial charge in [-0.15, -0.1) is 10.2 Å². The lowest BCUT2D eigenvalue weighted by Gasteiger charge is -2.14. The molecule has 0 amide bonds. The maximum absolute atomic E-state index is 5.93. The van der Waals surface area contributed by atoms with Crippen LogP contribution in [0.2, 0.25) is 5.15 Å². The van der Waals surface area contributed by atoms with Crippen LogP contribution >= 0.6 is 11.6 Å². The lowest BCUT2D eigenvalue weighted by molar-refractivity contribution is 0.285. The molecule has 2 aromatic rings. The molecule has 18 heavy (non-hydrogen) atoms. The predicted molar refractivity (Wildman–Crippen MR) is 66.5 cm³/mol. The number of nitrogens with zero attached hydrogens (tertiary/aromatic N) is 4. The first-order valence-electron chi connectivity index (χ1n) is 5.99. The number of ether oxygens (including phenoxy) is 1. The standard InChI is InChI=1S/C12H13ClN4O/c13-12-9(4-3-6-14-12)18-8-11-16-15-10-5-1-2-7-17(10)11/h3-4,6H,1-2,5,7-8H2. The Hall–Kier alpha value is -1.62. The second-order valence-corrected chi connectivity index (χ2v) is 4.58. The van der Waals surface area contributed by atoms with Crippen molar-refractivity contribution in [1.82, 2.24) is 19.7 Å². The number of aryl methyl sites for hydroxylation is 1.